The van der Waals surface area contributed by atoms with Gasteiger partial charge < -0.3 is 10.1 Å². The molecule has 8 nitrogen and oxygen atoms in total. The molecule has 0 bridgehead atoms. The van der Waals surface area contributed by atoms with Crippen LogP contribution in [0, 0.1) is 17.5 Å². The number of nitrogens with zero attached hydrogens (tertiary/aromatic N) is 2. The van der Waals surface area contributed by atoms with E-state index in [-0.39, 0.29) is 29.4 Å². The van der Waals surface area contributed by atoms with Gasteiger partial charge in [0.15, 0.2) is 16.9 Å². The fraction of sp³-hybridized carbons (Fsp3) is 0.182. The third-order valence-electron chi connectivity index (χ3n) is 5.06. The Balaban J connectivity index is 1.61. The Bertz CT molecular complexity index is 1420. The number of thioether (sulfide) groups is 1. The zero-order chi connectivity index (χ0) is 24.6. The van der Waals surface area contributed by atoms with Crippen LogP contribution in [0.2, 0.25) is 0 Å². The monoisotopic (exact) mass is 491 g/mol. The van der Waals surface area contributed by atoms with E-state index in [9.17, 15) is 32.3 Å². The Morgan fingerprint density at radius 1 is 1.03 bits per heavy atom. The van der Waals surface area contributed by atoms with Crippen LogP contribution < -0.4 is 16.6 Å². The smallest absolute Gasteiger partial charge is 0.332 e. The van der Waals surface area contributed by atoms with E-state index in [0.717, 1.165) is 21.3 Å². The van der Waals surface area contributed by atoms with Gasteiger partial charge in [0, 0.05) is 7.05 Å². The van der Waals surface area contributed by atoms with Crippen molar-refractivity contribution in [1.29, 1.82) is 0 Å². The minimum atomic E-state index is -1.44. The fourth-order valence-corrected chi connectivity index (χ4v) is 4.34. The molecule has 0 fully saturated rings. The van der Waals surface area contributed by atoms with Crippen molar-refractivity contribution >= 4 is 29.5 Å². The summed E-state index contributed by atoms with van der Waals surface area (Å²) in [5, 5.41) is 0.949. The topological polar surface area (TPSA) is 99.4 Å². The molecule has 34 heavy (non-hydrogen) atoms. The molecule has 1 atom stereocenters. The number of anilines is 1. The second kappa shape index (κ2) is 9.21. The van der Waals surface area contributed by atoms with Gasteiger partial charge in [-0.15, -0.1) is 0 Å². The summed E-state index contributed by atoms with van der Waals surface area (Å²) >= 11 is 0.617. The Hall–Kier alpha value is -3.80. The number of ether oxygens (including phenoxy) is 1. The standard InChI is InChI=1S/C22H16F3N3O5S/c1-27-18-16(20(30)28(22(27)32)9-12-4-7-14(24)15(25)8-12)34-17(19(29)26-18)21(31)33-10-11-2-5-13(23)6-3-11/h2-8,17H,9-10H2,1H3,(H,26,29). The zero-order valence-electron chi connectivity index (χ0n) is 17.5. The van der Waals surface area contributed by atoms with Crippen LogP contribution in [0.3, 0.4) is 0 Å². The number of aromatic nitrogens is 2. The van der Waals surface area contributed by atoms with Crippen molar-refractivity contribution in [1.82, 2.24) is 9.13 Å². The highest BCUT2D eigenvalue weighted by Gasteiger charge is 2.38. The lowest BCUT2D eigenvalue weighted by molar-refractivity contribution is -0.146. The van der Waals surface area contributed by atoms with Crippen LogP contribution in [0.5, 0.6) is 0 Å². The summed E-state index contributed by atoms with van der Waals surface area (Å²) in [7, 11) is 1.32. The summed E-state index contributed by atoms with van der Waals surface area (Å²) in [4.78, 5) is 50.7. The third-order valence-corrected chi connectivity index (χ3v) is 6.30. The summed E-state index contributed by atoms with van der Waals surface area (Å²) in [6.45, 7) is -0.575. The molecule has 1 aromatic heterocycles. The summed E-state index contributed by atoms with van der Waals surface area (Å²) in [6, 6.07) is 8.19. The van der Waals surface area contributed by atoms with Crippen LogP contribution in [-0.2, 0) is 34.5 Å². The van der Waals surface area contributed by atoms with E-state index >= 15 is 0 Å². The molecule has 176 valence electrons. The Labute approximate surface area is 194 Å². The maximum absolute atomic E-state index is 13.6. The van der Waals surface area contributed by atoms with Gasteiger partial charge >= 0.3 is 11.7 Å². The molecule has 12 heteroatoms. The normalized spacial score (nSPS) is 14.9. The van der Waals surface area contributed by atoms with Gasteiger partial charge in [0.05, 0.1) is 6.54 Å². The number of halogens is 3. The second-order valence-corrected chi connectivity index (χ2v) is 8.50. The first-order valence-corrected chi connectivity index (χ1v) is 10.7. The molecule has 2 heterocycles. The number of rotatable bonds is 5. The van der Waals surface area contributed by atoms with E-state index in [1.54, 1.807) is 0 Å². The predicted octanol–water partition coefficient (Wildman–Crippen LogP) is 2.17. The van der Waals surface area contributed by atoms with Crippen LogP contribution in [0.1, 0.15) is 11.1 Å². The lowest BCUT2D eigenvalue weighted by atomic mass is 10.2. The molecule has 1 aliphatic rings. The van der Waals surface area contributed by atoms with Gasteiger partial charge in [-0.2, -0.15) is 0 Å². The SMILES string of the molecule is Cn1c2c(c(=O)n(Cc3ccc(F)c(F)c3)c1=O)SC(C(=O)OCc1ccc(F)cc1)C(=O)N2. The van der Waals surface area contributed by atoms with Crippen LogP contribution in [0.4, 0.5) is 19.0 Å². The van der Waals surface area contributed by atoms with E-state index in [2.05, 4.69) is 5.32 Å². The first-order chi connectivity index (χ1) is 16.2. The Kier molecular flexibility index (Phi) is 6.33. The number of amides is 1. The second-order valence-electron chi connectivity index (χ2n) is 7.38. The molecule has 0 aliphatic carbocycles. The lowest BCUT2D eigenvalue weighted by Crippen LogP contribution is -2.46. The minimum absolute atomic E-state index is 0.0888. The van der Waals surface area contributed by atoms with Gasteiger partial charge in [-0.3, -0.25) is 23.5 Å². The molecular formula is C22H16F3N3O5S. The molecule has 1 aliphatic heterocycles. The van der Waals surface area contributed by atoms with Gasteiger partial charge in [-0.25, -0.2) is 18.0 Å². The molecule has 0 radical (unpaired) electrons. The van der Waals surface area contributed by atoms with Crippen molar-refractivity contribution in [3.63, 3.8) is 0 Å². The number of carbonyl (C=O) groups is 2. The number of benzene rings is 2. The molecule has 0 saturated carbocycles. The molecule has 4 rings (SSSR count). The highest BCUT2D eigenvalue weighted by molar-refractivity contribution is 8.01. The average Bonchev–Trinajstić information content (AvgIpc) is 2.82. The minimum Gasteiger partial charge on any atom is -0.460 e. The maximum Gasteiger partial charge on any atom is 0.332 e. The predicted molar refractivity (Wildman–Crippen MR) is 116 cm³/mol. The molecule has 1 N–H and O–H groups in total. The van der Waals surface area contributed by atoms with Crippen LogP contribution in [-0.4, -0.2) is 26.3 Å². The van der Waals surface area contributed by atoms with E-state index in [4.69, 9.17) is 4.74 Å². The van der Waals surface area contributed by atoms with Crippen molar-refractivity contribution < 1.29 is 27.5 Å². The number of carbonyl (C=O) groups excluding carboxylic acids is 2. The summed E-state index contributed by atoms with van der Waals surface area (Å²) in [5.74, 6) is -4.47. The largest absolute Gasteiger partial charge is 0.460 e. The molecule has 1 amide bonds. The third kappa shape index (κ3) is 4.49. The highest BCUT2D eigenvalue weighted by Crippen LogP contribution is 2.32. The zero-order valence-corrected chi connectivity index (χ0v) is 18.3. The fourth-order valence-electron chi connectivity index (χ4n) is 3.27. The van der Waals surface area contributed by atoms with Gasteiger partial charge in [-0.1, -0.05) is 30.0 Å². The number of nitrogens with one attached hydrogen (secondary N) is 1. The molecule has 1 unspecified atom stereocenters. The van der Waals surface area contributed by atoms with Gasteiger partial charge in [-0.05, 0) is 35.4 Å². The Morgan fingerprint density at radius 2 is 1.71 bits per heavy atom. The van der Waals surface area contributed by atoms with Crippen LogP contribution >= 0.6 is 11.8 Å². The number of hydrogen-bond acceptors (Lipinski definition) is 6. The van der Waals surface area contributed by atoms with E-state index in [1.165, 1.54) is 37.4 Å². The van der Waals surface area contributed by atoms with Gasteiger partial charge in [0.25, 0.3) is 5.56 Å². The van der Waals surface area contributed by atoms with E-state index in [1.807, 2.05) is 0 Å². The summed E-state index contributed by atoms with van der Waals surface area (Å²) < 4.78 is 46.7. The molecule has 0 spiro atoms. The number of hydrogen-bond donors (Lipinski definition) is 1. The van der Waals surface area contributed by atoms with E-state index in [0.29, 0.717) is 17.3 Å². The molecule has 0 saturated heterocycles. The maximum atomic E-state index is 13.6. The Morgan fingerprint density at radius 3 is 2.38 bits per heavy atom. The summed E-state index contributed by atoms with van der Waals surface area (Å²) in [5.41, 5.74) is -0.957. The van der Waals surface area contributed by atoms with Gasteiger partial charge in [0.1, 0.15) is 23.1 Å². The van der Waals surface area contributed by atoms with Crippen molar-refractivity contribution in [3.05, 3.63) is 91.9 Å². The van der Waals surface area contributed by atoms with Crippen molar-refractivity contribution in [3.8, 4) is 0 Å². The highest BCUT2D eigenvalue weighted by atomic mass is 32.2. The molecular weight excluding hydrogens is 475 g/mol. The van der Waals surface area contributed by atoms with Crippen molar-refractivity contribution in [2.45, 2.75) is 23.3 Å². The lowest BCUT2D eigenvalue weighted by Gasteiger charge is -2.24. The van der Waals surface area contributed by atoms with Crippen LogP contribution in [0.25, 0.3) is 0 Å². The molecule has 2 aromatic carbocycles. The number of esters is 1. The van der Waals surface area contributed by atoms with Crippen molar-refractivity contribution in [2.24, 2.45) is 7.05 Å². The average molecular weight is 491 g/mol. The van der Waals surface area contributed by atoms with Crippen LogP contribution in [0.15, 0.2) is 56.9 Å². The van der Waals surface area contributed by atoms with Crippen molar-refractivity contribution in [2.75, 3.05) is 5.32 Å². The first kappa shape index (κ1) is 23.4. The van der Waals surface area contributed by atoms with Gasteiger partial charge in [0.2, 0.25) is 5.91 Å². The quantitative estimate of drug-likeness (QED) is 0.434. The summed E-state index contributed by atoms with van der Waals surface area (Å²) in [6.07, 6.45) is 0. The number of fused-ring (bicyclic) bond motifs is 1. The first-order valence-electron chi connectivity index (χ1n) is 9.82. The molecule has 3 aromatic rings. The van der Waals surface area contributed by atoms with E-state index < -0.39 is 45.8 Å².